The first-order valence-electron chi connectivity index (χ1n) is 25.2. The first kappa shape index (κ1) is 58.3. The van der Waals surface area contributed by atoms with E-state index in [-0.39, 0.29) is 32.0 Å². The van der Waals surface area contributed by atoms with Crippen molar-refractivity contribution < 1.29 is 28.6 Å². The summed E-state index contributed by atoms with van der Waals surface area (Å²) in [7, 11) is 0. The molecule has 0 amide bonds. The molecule has 0 saturated heterocycles. The summed E-state index contributed by atoms with van der Waals surface area (Å²) in [6, 6.07) is 0. The molecule has 352 valence electrons. The second-order valence-electron chi connectivity index (χ2n) is 16.3. The van der Waals surface area contributed by atoms with Crippen molar-refractivity contribution in [2.75, 3.05) is 13.2 Å². The van der Waals surface area contributed by atoms with Crippen LogP contribution in [0, 0.1) is 0 Å². The lowest BCUT2D eigenvalue weighted by molar-refractivity contribution is -0.166. The molecule has 0 N–H and O–H groups in total. The van der Waals surface area contributed by atoms with Crippen LogP contribution in [0.5, 0.6) is 0 Å². The quantitative estimate of drug-likeness (QED) is 0.0263. The van der Waals surface area contributed by atoms with Crippen LogP contribution in [-0.4, -0.2) is 37.2 Å². The van der Waals surface area contributed by atoms with Gasteiger partial charge >= 0.3 is 17.9 Å². The van der Waals surface area contributed by atoms with Gasteiger partial charge in [0.15, 0.2) is 6.10 Å². The third kappa shape index (κ3) is 47.4. The molecule has 0 aromatic rings. The van der Waals surface area contributed by atoms with Gasteiger partial charge < -0.3 is 14.2 Å². The van der Waals surface area contributed by atoms with Crippen LogP contribution in [0.15, 0.2) is 97.2 Å². The Morgan fingerprint density at radius 1 is 0.355 bits per heavy atom. The fraction of sp³-hybridized carbons (Fsp3) is 0.661. The van der Waals surface area contributed by atoms with E-state index in [1.165, 1.54) is 96.3 Å². The van der Waals surface area contributed by atoms with Crippen molar-refractivity contribution in [1.29, 1.82) is 0 Å². The van der Waals surface area contributed by atoms with Crippen LogP contribution < -0.4 is 0 Å². The van der Waals surface area contributed by atoms with Gasteiger partial charge in [-0.25, -0.2) is 0 Å². The molecule has 0 heterocycles. The Morgan fingerprint density at radius 2 is 0.694 bits per heavy atom. The van der Waals surface area contributed by atoms with Crippen LogP contribution >= 0.6 is 0 Å². The summed E-state index contributed by atoms with van der Waals surface area (Å²) >= 11 is 0. The smallest absolute Gasteiger partial charge is 0.309 e. The second kappa shape index (κ2) is 50.0. The second-order valence-corrected chi connectivity index (χ2v) is 16.3. The number of unbranched alkanes of at least 4 members (excludes halogenated alkanes) is 18. The molecule has 0 rings (SSSR count). The van der Waals surface area contributed by atoms with Crippen LogP contribution in [0.3, 0.4) is 0 Å². The monoisotopic (exact) mass is 861 g/mol. The molecule has 0 aromatic carbocycles. The Balaban J connectivity index is 4.45. The van der Waals surface area contributed by atoms with E-state index in [0.717, 1.165) is 77.0 Å². The molecular formula is C56H92O6. The number of hydrogen-bond acceptors (Lipinski definition) is 6. The van der Waals surface area contributed by atoms with Gasteiger partial charge in [-0.15, -0.1) is 0 Å². The average molecular weight is 861 g/mol. The summed E-state index contributed by atoms with van der Waals surface area (Å²) in [5.41, 5.74) is 0. The van der Waals surface area contributed by atoms with E-state index in [2.05, 4.69) is 106 Å². The molecule has 1 atom stereocenters. The minimum atomic E-state index is -0.840. The van der Waals surface area contributed by atoms with Gasteiger partial charge in [-0.3, -0.25) is 14.4 Å². The fourth-order valence-corrected chi connectivity index (χ4v) is 6.66. The highest BCUT2D eigenvalue weighted by Gasteiger charge is 2.19. The van der Waals surface area contributed by atoms with Crippen LogP contribution in [0.1, 0.15) is 220 Å². The van der Waals surface area contributed by atoms with Crippen LogP contribution in [-0.2, 0) is 28.6 Å². The molecule has 0 bridgehead atoms. The zero-order valence-electron chi connectivity index (χ0n) is 40.1. The Morgan fingerprint density at radius 3 is 1.11 bits per heavy atom. The number of ether oxygens (including phenoxy) is 3. The largest absolute Gasteiger partial charge is 0.462 e. The van der Waals surface area contributed by atoms with Crippen molar-refractivity contribution in [2.45, 2.75) is 226 Å². The molecule has 0 aliphatic carbocycles. The molecule has 0 saturated carbocycles. The van der Waals surface area contributed by atoms with E-state index >= 15 is 0 Å². The molecule has 6 nitrogen and oxygen atoms in total. The number of carbonyl (C=O) groups is 3. The summed E-state index contributed by atoms with van der Waals surface area (Å²) < 4.78 is 16.6. The van der Waals surface area contributed by atoms with Gasteiger partial charge in [0.05, 0.1) is 6.42 Å². The van der Waals surface area contributed by atoms with Crippen molar-refractivity contribution in [3.63, 3.8) is 0 Å². The standard InChI is InChI=1S/C56H92O6/c1-4-7-10-13-16-19-21-23-25-27-29-30-32-34-37-40-43-46-49-55(58)61-52-53(51-60-54(57)48-45-42-39-36-18-15-12-9-6-3)62-56(59)50-47-44-41-38-35-33-31-28-26-24-22-20-17-14-11-8-5-2/h8-9,11-12,17-18,20,24,26,31,33,36,38,41-42,45,53H,4-7,10,13-16,19,21-23,25,27-30,32,34-35,37,39-40,43-44,46-52H2,1-3H3/b11-8-,12-9-,20-17-,26-24-,33-31-,36-18-,41-38-,45-42-. The van der Waals surface area contributed by atoms with E-state index in [0.29, 0.717) is 12.8 Å². The maximum Gasteiger partial charge on any atom is 0.309 e. The lowest BCUT2D eigenvalue weighted by Gasteiger charge is -2.18. The number of rotatable bonds is 44. The zero-order chi connectivity index (χ0) is 45.1. The van der Waals surface area contributed by atoms with Gasteiger partial charge in [0, 0.05) is 12.8 Å². The zero-order valence-corrected chi connectivity index (χ0v) is 40.1. The van der Waals surface area contributed by atoms with Crippen LogP contribution in [0.25, 0.3) is 0 Å². The van der Waals surface area contributed by atoms with Gasteiger partial charge in [0.25, 0.3) is 0 Å². The normalized spacial score (nSPS) is 12.9. The van der Waals surface area contributed by atoms with E-state index < -0.39 is 18.0 Å². The average Bonchev–Trinajstić information content (AvgIpc) is 3.27. The first-order valence-corrected chi connectivity index (χ1v) is 25.2. The minimum absolute atomic E-state index is 0.122. The maximum absolute atomic E-state index is 12.7. The van der Waals surface area contributed by atoms with E-state index in [1.54, 1.807) is 6.08 Å². The Labute approximate surface area is 381 Å². The number of hydrogen-bond donors (Lipinski definition) is 0. The van der Waals surface area contributed by atoms with Gasteiger partial charge in [-0.2, -0.15) is 0 Å². The Bertz CT molecular complexity index is 1260. The highest BCUT2D eigenvalue weighted by atomic mass is 16.6. The highest BCUT2D eigenvalue weighted by Crippen LogP contribution is 2.15. The molecule has 0 radical (unpaired) electrons. The summed E-state index contributed by atoms with van der Waals surface area (Å²) in [6.45, 7) is 6.26. The summed E-state index contributed by atoms with van der Waals surface area (Å²) in [5, 5.41) is 0. The predicted octanol–water partition coefficient (Wildman–Crippen LogP) is 16.6. The van der Waals surface area contributed by atoms with E-state index in [4.69, 9.17) is 14.2 Å². The van der Waals surface area contributed by atoms with Crippen LogP contribution in [0.2, 0.25) is 0 Å². The molecule has 0 aliphatic heterocycles. The molecule has 0 fully saturated rings. The maximum atomic E-state index is 12.7. The van der Waals surface area contributed by atoms with Gasteiger partial charge in [-0.1, -0.05) is 227 Å². The molecule has 62 heavy (non-hydrogen) atoms. The Hall–Kier alpha value is -3.67. The first-order chi connectivity index (χ1) is 30.5. The topological polar surface area (TPSA) is 78.9 Å². The van der Waals surface area contributed by atoms with Crippen molar-refractivity contribution in [3.05, 3.63) is 97.2 Å². The van der Waals surface area contributed by atoms with Gasteiger partial charge in [-0.05, 0) is 70.6 Å². The van der Waals surface area contributed by atoms with Crippen molar-refractivity contribution in [1.82, 2.24) is 0 Å². The van der Waals surface area contributed by atoms with E-state index in [1.807, 2.05) is 6.08 Å². The third-order valence-corrected chi connectivity index (χ3v) is 10.4. The lowest BCUT2D eigenvalue weighted by Crippen LogP contribution is -2.30. The Kier molecular flexibility index (Phi) is 47.0. The number of esters is 3. The van der Waals surface area contributed by atoms with Crippen molar-refractivity contribution >= 4 is 17.9 Å². The molecule has 6 heteroatoms. The number of allylic oxidation sites excluding steroid dienone is 15. The number of carbonyl (C=O) groups excluding carboxylic acids is 3. The molecule has 0 aromatic heterocycles. The molecule has 0 aliphatic rings. The predicted molar refractivity (Wildman–Crippen MR) is 265 cm³/mol. The molecule has 1 unspecified atom stereocenters. The van der Waals surface area contributed by atoms with Gasteiger partial charge in [0.1, 0.15) is 13.2 Å². The summed E-state index contributed by atoms with van der Waals surface area (Å²) in [6.07, 6.45) is 65.8. The van der Waals surface area contributed by atoms with Gasteiger partial charge in [0.2, 0.25) is 0 Å². The molecular weight excluding hydrogens is 769 g/mol. The minimum Gasteiger partial charge on any atom is -0.462 e. The summed E-state index contributed by atoms with van der Waals surface area (Å²) in [5.74, 6) is -1.12. The van der Waals surface area contributed by atoms with Crippen LogP contribution in [0.4, 0.5) is 0 Å². The van der Waals surface area contributed by atoms with Crippen molar-refractivity contribution in [3.8, 4) is 0 Å². The highest BCUT2D eigenvalue weighted by molar-refractivity contribution is 5.72. The van der Waals surface area contributed by atoms with Crippen molar-refractivity contribution in [2.24, 2.45) is 0 Å². The molecule has 0 spiro atoms. The summed E-state index contributed by atoms with van der Waals surface area (Å²) in [4.78, 5) is 37.8. The SMILES string of the molecule is CC/C=C\C/C=C\C/C=C\C/C=C\C/C=C\CCCC(=O)OC(COC(=O)C/C=C\C/C=C\C/C=C\CC)COC(=O)CCCCCCCCCCCCCCCCCCCC. The third-order valence-electron chi connectivity index (χ3n) is 10.4. The van der Waals surface area contributed by atoms with E-state index in [9.17, 15) is 14.4 Å². The lowest BCUT2D eigenvalue weighted by atomic mass is 10.0. The fourth-order valence-electron chi connectivity index (χ4n) is 6.66.